The molecular formula is C34H43N3O4. The van der Waals surface area contributed by atoms with Crippen molar-refractivity contribution in [3.8, 4) is 0 Å². The summed E-state index contributed by atoms with van der Waals surface area (Å²) in [7, 11) is 1.44. The fourth-order valence-electron chi connectivity index (χ4n) is 6.80. The molecule has 41 heavy (non-hydrogen) atoms. The summed E-state index contributed by atoms with van der Waals surface area (Å²) in [6.45, 7) is 0.426. The van der Waals surface area contributed by atoms with Crippen molar-refractivity contribution in [1.82, 2.24) is 10.3 Å². The lowest BCUT2D eigenvalue weighted by Gasteiger charge is -2.31. The number of rotatable bonds is 10. The van der Waals surface area contributed by atoms with E-state index >= 15 is 0 Å². The van der Waals surface area contributed by atoms with Crippen LogP contribution >= 0.6 is 0 Å². The zero-order valence-electron chi connectivity index (χ0n) is 24.2. The summed E-state index contributed by atoms with van der Waals surface area (Å²) in [5, 5.41) is 9.67. The highest BCUT2D eigenvalue weighted by Gasteiger charge is 2.34. The van der Waals surface area contributed by atoms with E-state index in [0.717, 1.165) is 67.3 Å². The number of carbonyl (C=O) groups excluding carboxylic acids is 3. The largest absolute Gasteiger partial charge is 0.469 e. The van der Waals surface area contributed by atoms with Crippen molar-refractivity contribution < 1.29 is 19.1 Å². The van der Waals surface area contributed by atoms with Crippen LogP contribution in [0.25, 0.3) is 0 Å². The first-order valence-electron chi connectivity index (χ1n) is 15.4. The minimum Gasteiger partial charge on any atom is -0.469 e. The van der Waals surface area contributed by atoms with Crippen LogP contribution in [0.3, 0.4) is 0 Å². The maximum atomic E-state index is 13.7. The molecule has 0 spiro atoms. The highest BCUT2D eigenvalue weighted by atomic mass is 16.5. The first-order chi connectivity index (χ1) is 20.0. The lowest BCUT2D eigenvalue weighted by Crippen LogP contribution is -2.41. The second kappa shape index (κ2) is 13.9. The normalized spacial score (nSPS) is 22.2. The standard InChI is InChI=1S/C34H43N3O4/c1-41-32(39)22-15-24-13-18-29(19-14-24)35-34(40)33(27-9-5-6-10-27)28-16-11-25(12-17-28)23-37-31(38)21-20-30(36-37)26-7-3-2-4-8-26/h2-4,7-8,11-12,16-17,24,27,29,33H,5-6,9-10,13-15,18-23H2,1H3,(H,35,40). The molecule has 2 fully saturated rings. The van der Waals surface area contributed by atoms with Gasteiger partial charge in [-0.1, -0.05) is 67.4 Å². The zero-order valence-corrected chi connectivity index (χ0v) is 24.2. The van der Waals surface area contributed by atoms with Crippen LogP contribution in [0.5, 0.6) is 0 Å². The van der Waals surface area contributed by atoms with Gasteiger partial charge in [-0.2, -0.15) is 5.10 Å². The van der Waals surface area contributed by atoms with Crippen molar-refractivity contribution in [2.24, 2.45) is 16.9 Å². The van der Waals surface area contributed by atoms with E-state index in [0.29, 0.717) is 37.6 Å². The lowest BCUT2D eigenvalue weighted by molar-refractivity contribution is -0.141. The minimum absolute atomic E-state index is 0.0389. The molecule has 1 N–H and O–H groups in total. The average molecular weight is 558 g/mol. The van der Waals surface area contributed by atoms with E-state index in [4.69, 9.17) is 4.74 Å². The molecule has 2 amide bonds. The van der Waals surface area contributed by atoms with Crippen LogP contribution in [0.1, 0.15) is 99.7 Å². The van der Waals surface area contributed by atoms with Crippen molar-refractivity contribution in [2.45, 2.75) is 95.6 Å². The van der Waals surface area contributed by atoms with E-state index in [1.807, 2.05) is 30.3 Å². The molecule has 2 aromatic carbocycles. The highest BCUT2D eigenvalue weighted by molar-refractivity contribution is 6.04. The summed E-state index contributed by atoms with van der Waals surface area (Å²) in [6.07, 6.45) is 11.0. The molecule has 0 radical (unpaired) electrons. The fourth-order valence-corrected chi connectivity index (χ4v) is 6.80. The van der Waals surface area contributed by atoms with Crippen LogP contribution < -0.4 is 5.32 Å². The third-order valence-electron chi connectivity index (χ3n) is 9.21. The minimum atomic E-state index is -0.150. The first kappa shape index (κ1) is 29.0. The van der Waals surface area contributed by atoms with Gasteiger partial charge < -0.3 is 10.1 Å². The van der Waals surface area contributed by atoms with Crippen LogP contribution in [0.2, 0.25) is 0 Å². The van der Waals surface area contributed by atoms with Gasteiger partial charge in [0.05, 0.1) is 25.3 Å². The zero-order chi connectivity index (χ0) is 28.6. The molecule has 1 heterocycles. The van der Waals surface area contributed by atoms with Crippen LogP contribution in [0.4, 0.5) is 0 Å². The molecule has 3 aliphatic rings. The smallest absolute Gasteiger partial charge is 0.305 e. The number of hydrogen-bond acceptors (Lipinski definition) is 5. The lowest BCUT2D eigenvalue weighted by atomic mass is 9.81. The number of amides is 2. The Kier molecular flexibility index (Phi) is 9.86. The topological polar surface area (TPSA) is 88.1 Å². The molecule has 2 saturated carbocycles. The van der Waals surface area contributed by atoms with Gasteiger partial charge in [-0.3, -0.25) is 14.4 Å². The van der Waals surface area contributed by atoms with Gasteiger partial charge in [-0.15, -0.1) is 0 Å². The van der Waals surface area contributed by atoms with E-state index in [2.05, 4.69) is 34.7 Å². The van der Waals surface area contributed by atoms with E-state index in [-0.39, 0.29) is 29.7 Å². The number of benzene rings is 2. The molecule has 2 aliphatic carbocycles. The molecule has 1 atom stereocenters. The number of carbonyl (C=O) groups is 3. The van der Waals surface area contributed by atoms with Crippen LogP contribution in [0.15, 0.2) is 59.7 Å². The SMILES string of the molecule is COC(=O)CCC1CCC(NC(=O)C(c2ccc(CN3N=C(c4ccccc4)CCC3=O)cc2)C2CCCC2)CC1. The molecular weight excluding hydrogens is 514 g/mol. The van der Waals surface area contributed by atoms with Crippen molar-refractivity contribution in [3.63, 3.8) is 0 Å². The summed E-state index contributed by atoms with van der Waals surface area (Å²) in [4.78, 5) is 37.9. The van der Waals surface area contributed by atoms with Gasteiger partial charge in [-0.25, -0.2) is 5.01 Å². The monoisotopic (exact) mass is 557 g/mol. The number of ether oxygens (including phenoxy) is 1. The summed E-state index contributed by atoms with van der Waals surface area (Å²) in [5.41, 5.74) is 4.07. The van der Waals surface area contributed by atoms with E-state index in [1.165, 1.54) is 20.0 Å². The summed E-state index contributed by atoms with van der Waals surface area (Å²) in [6, 6.07) is 18.5. The Balaban J connectivity index is 1.21. The molecule has 1 unspecified atom stereocenters. The Labute approximate surface area is 243 Å². The van der Waals surface area contributed by atoms with Crippen LogP contribution in [-0.2, 0) is 25.7 Å². The Morgan fingerprint density at radius 1 is 0.951 bits per heavy atom. The number of methoxy groups -OCH3 is 1. The maximum Gasteiger partial charge on any atom is 0.305 e. The Hall–Kier alpha value is -3.48. The third-order valence-corrected chi connectivity index (χ3v) is 9.21. The highest BCUT2D eigenvalue weighted by Crippen LogP contribution is 2.38. The van der Waals surface area contributed by atoms with Gasteiger partial charge in [0.1, 0.15) is 0 Å². The van der Waals surface area contributed by atoms with Gasteiger partial charge >= 0.3 is 5.97 Å². The molecule has 218 valence electrons. The molecule has 0 bridgehead atoms. The van der Waals surface area contributed by atoms with Gasteiger partial charge in [0.2, 0.25) is 11.8 Å². The average Bonchev–Trinajstić information content (AvgIpc) is 3.53. The van der Waals surface area contributed by atoms with E-state index < -0.39 is 0 Å². The maximum absolute atomic E-state index is 13.7. The first-order valence-corrected chi connectivity index (χ1v) is 15.4. The fraction of sp³-hybridized carbons (Fsp3) is 0.529. The predicted molar refractivity (Wildman–Crippen MR) is 159 cm³/mol. The summed E-state index contributed by atoms with van der Waals surface area (Å²) < 4.78 is 4.78. The molecule has 7 heteroatoms. The molecule has 2 aromatic rings. The number of nitrogens with one attached hydrogen (secondary N) is 1. The molecule has 0 aromatic heterocycles. The van der Waals surface area contributed by atoms with Crippen LogP contribution in [-0.4, -0.2) is 41.7 Å². The van der Waals surface area contributed by atoms with E-state index in [1.54, 1.807) is 5.01 Å². The number of esters is 1. The predicted octanol–water partition coefficient (Wildman–Crippen LogP) is 6.12. The van der Waals surface area contributed by atoms with Crippen molar-refractivity contribution in [3.05, 3.63) is 71.3 Å². The van der Waals surface area contributed by atoms with Gasteiger partial charge in [-0.05, 0) is 73.5 Å². The van der Waals surface area contributed by atoms with Crippen molar-refractivity contribution >= 4 is 23.5 Å². The number of hydrogen-bond donors (Lipinski definition) is 1. The van der Waals surface area contributed by atoms with Gasteiger partial charge in [0, 0.05) is 25.3 Å². The van der Waals surface area contributed by atoms with Crippen molar-refractivity contribution in [1.29, 1.82) is 0 Å². The summed E-state index contributed by atoms with van der Waals surface area (Å²) >= 11 is 0. The van der Waals surface area contributed by atoms with Crippen LogP contribution in [0, 0.1) is 11.8 Å². The molecule has 5 rings (SSSR count). The third kappa shape index (κ3) is 7.63. The molecule has 0 saturated heterocycles. The summed E-state index contributed by atoms with van der Waals surface area (Å²) in [5.74, 6) is 0.781. The molecule has 7 nitrogen and oxygen atoms in total. The van der Waals surface area contributed by atoms with Gasteiger partial charge in [0.25, 0.3) is 0 Å². The quantitative estimate of drug-likeness (QED) is 0.357. The van der Waals surface area contributed by atoms with Gasteiger partial charge in [0.15, 0.2) is 0 Å². The second-order valence-electron chi connectivity index (χ2n) is 12.0. The van der Waals surface area contributed by atoms with Crippen molar-refractivity contribution in [2.75, 3.05) is 7.11 Å². The number of nitrogens with zero attached hydrogens (tertiary/aromatic N) is 2. The Morgan fingerprint density at radius 3 is 2.34 bits per heavy atom. The second-order valence-corrected chi connectivity index (χ2v) is 12.0. The number of hydrazone groups is 1. The molecule has 1 aliphatic heterocycles. The Morgan fingerprint density at radius 2 is 1.66 bits per heavy atom. The van der Waals surface area contributed by atoms with E-state index in [9.17, 15) is 14.4 Å². The Bertz CT molecular complexity index is 1210.